The fraction of sp³-hybridized carbons (Fsp3) is 0.750. The van der Waals surface area contributed by atoms with Gasteiger partial charge in [0, 0.05) is 17.3 Å². The summed E-state index contributed by atoms with van der Waals surface area (Å²) >= 11 is 0. The normalized spacial score (nSPS) is 24.9. The van der Waals surface area contributed by atoms with Crippen molar-refractivity contribution in [2.24, 2.45) is 20.8 Å². The molecule has 0 aromatic carbocycles. The number of hydrogen-bond acceptors (Lipinski definition) is 3. The van der Waals surface area contributed by atoms with Crippen molar-refractivity contribution in [2.45, 2.75) is 47.7 Å². The van der Waals surface area contributed by atoms with Crippen LogP contribution in [-0.4, -0.2) is 23.9 Å². The minimum atomic E-state index is -0.506. The van der Waals surface area contributed by atoms with Gasteiger partial charge in [-0.15, -0.1) is 0 Å². The Kier molecular flexibility index (Phi) is 2.85. The molecule has 1 atom stereocenters. The van der Waals surface area contributed by atoms with E-state index in [0.717, 1.165) is 5.71 Å². The van der Waals surface area contributed by atoms with Gasteiger partial charge >= 0.3 is 0 Å². The molecular weight excluding hydrogens is 188 g/mol. The van der Waals surface area contributed by atoms with Gasteiger partial charge in [-0.2, -0.15) is 0 Å². The van der Waals surface area contributed by atoms with Crippen LogP contribution < -0.4 is 0 Å². The van der Waals surface area contributed by atoms with E-state index in [4.69, 9.17) is 0 Å². The van der Waals surface area contributed by atoms with Crippen LogP contribution in [0.15, 0.2) is 9.98 Å². The fourth-order valence-corrected chi connectivity index (χ4v) is 1.26. The smallest absolute Gasteiger partial charge is 0.151 e. The molecule has 0 saturated carbocycles. The lowest BCUT2D eigenvalue weighted by molar-refractivity contribution is -0.125. The molecule has 84 valence electrons. The summed E-state index contributed by atoms with van der Waals surface area (Å²) in [7, 11) is 0. The van der Waals surface area contributed by atoms with Gasteiger partial charge in [0.05, 0.1) is 5.41 Å². The van der Waals surface area contributed by atoms with Crippen LogP contribution >= 0.6 is 0 Å². The third-order valence-electron chi connectivity index (χ3n) is 3.34. The van der Waals surface area contributed by atoms with Gasteiger partial charge in [-0.3, -0.25) is 14.8 Å². The molecule has 1 unspecified atom stereocenters. The topological polar surface area (TPSA) is 41.8 Å². The maximum Gasteiger partial charge on any atom is 0.151 e. The number of ketones is 1. The van der Waals surface area contributed by atoms with E-state index < -0.39 is 5.41 Å². The number of rotatable bonds is 2. The zero-order valence-electron chi connectivity index (χ0n) is 10.5. The second-order valence-corrected chi connectivity index (χ2v) is 5.37. The molecule has 15 heavy (non-hydrogen) atoms. The lowest BCUT2D eigenvalue weighted by atomic mass is 9.82. The first-order valence-corrected chi connectivity index (χ1v) is 5.28. The highest BCUT2D eigenvalue weighted by Gasteiger charge is 2.37. The highest BCUT2D eigenvalue weighted by atomic mass is 16.1. The molecule has 0 aromatic heterocycles. The van der Waals surface area contributed by atoms with Crippen molar-refractivity contribution in [3.05, 3.63) is 0 Å². The number of carbonyl (C=O) groups excluding carboxylic acids is 1. The number of carbonyl (C=O) groups is 1. The third kappa shape index (κ3) is 2.16. The molecule has 0 N–H and O–H groups in total. The van der Waals surface area contributed by atoms with Crippen LogP contribution in [0, 0.1) is 10.8 Å². The summed E-state index contributed by atoms with van der Waals surface area (Å²) in [6, 6.07) is 0. The zero-order chi connectivity index (χ0) is 11.9. The van der Waals surface area contributed by atoms with Crippen LogP contribution in [0.4, 0.5) is 0 Å². The standard InChI is InChI=1S/C12H20N2O/c1-8-11(3,4)7-13-10(14-8)12(5,6)9(2)15/h7,10H,1-6H3. The van der Waals surface area contributed by atoms with Gasteiger partial charge in [0.1, 0.15) is 5.78 Å². The maximum atomic E-state index is 11.5. The van der Waals surface area contributed by atoms with Crippen molar-refractivity contribution in [3.63, 3.8) is 0 Å². The van der Waals surface area contributed by atoms with Crippen molar-refractivity contribution in [2.75, 3.05) is 0 Å². The lowest BCUT2D eigenvalue weighted by Crippen LogP contribution is -2.39. The van der Waals surface area contributed by atoms with Gasteiger partial charge in [0.25, 0.3) is 0 Å². The van der Waals surface area contributed by atoms with Crippen LogP contribution in [0.25, 0.3) is 0 Å². The number of Topliss-reactive ketones (excluding diaryl/α,β-unsaturated/α-hetero) is 1. The zero-order valence-corrected chi connectivity index (χ0v) is 10.5. The third-order valence-corrected chi connectivity index (χ3v) is 3.34. The molecule has 1 rings (SSSR count). The van der Waals surface area contributed by atoms with E-state index in [-0.39, 0.29) is 17.4 Å². The predicted molar refractivity (Wildman–Crippen MR) is 63.6 cm³/mol. The van der Waals surface area contributed by atoms with E-state index >= 15 is 0 Å². The first-order valence-electron chi connectivity index (χ1n) is 5.28. The van der Waals surface area contributed by atoms with Crippen molar-refractivity contribution >= 4 is 17.7 Å². The van der Waals surface area contributed by atoms with Gasteiger partial charge in [-0.05, 0) is 41.5 Å². The Hall–Kier alpha value is -0.990. The lowest BCUT2D eigenvalue weighted by Gasteiger charge is -2.33. The molecule has 0 aromatic rings. The predicted octanol–water partition coefficient (Wildman–Crippen LogP) is 2.50. The Balaban J connectivity index is 3.00. The van der Waals surface area contributed by atoms with Crippen molar-refractivity contribution in [1.29, 1.82) is 0 Å². The van der Waals surface area contributed by atoms with E-state index in [1.165, 1.54) is 0 Å². The number of hydrogen-bond donors (Lipinski definition) is 0. The van der Waals surface area contributed by atoms with E-state index in [1.54, 1.807) is 6.92 Å². The largest absolute Gasteiger partial charge is 0.299 e. The SMILES string of the molecule is CC(=O)C(C)(C)C1N=CC(C)(C)C(C)=N1. The summed E-state index contributed by atoms with van der Waals surface area (Å²) in [5.74, 6) is 0.126. The van der Waals surface area contributed by atoms with Gasteiger partial charge in [-0.1, -0.05) is 0 Å². The van der Waals surface area contributed by atoms with E-state index in [9.17, 15) is 4.79 Å². The molecule has 3 nitrogen and oxygen atoms in total. The Morgan fingerprint density at radius 1 is 1.47 bits per heavy atom. The molecule has 3 heteroatoms. The molecular formula is C12H20N2O. The molecule has 0 fully saturated rings. The van der Waals surface area contributed by atoms with E-state index in [2.05, 4.69) is 23.8 Å². The Morgan fingerprint density at radius 3 is 2.40 bits per heavy atom. The van der Waals surface area contributed by atoms with Crippen molar-refractivity contribution < 1.29 is 4.79 Å². The maximum absolute atomic E-state index is 11.5. The quantitative estimate of drug-likeness (QED) is 0.687. The van der Waals surface area contributed by atoms with Crippen LogP contribution in [-0.2, 0) is 4.79 Å². The van der Waals surface area contributed by atoms with Gasteiger partial charge in [0.2, 0.25) is 0 Å². The van der Waals surface area contributed by atoms with Crippen molar-refractivity contribution in [1.82, 2.24) is 0 Å². The summed E-state index contributed by atoms with van der Waals surface area (Å²) in [5.41, 5.74) is 0.453. The van der Waals surface area contributed by atoms with E-state index in [0.29, 0.717) is 0 Å². The molecule has 1 aliphatic rings. The average molecular weight is 208 g/mol. The Bertz CT molecular complexity index is 338. The Morgan fingerprint density at radius 2 is 2.00 bits per heavy atom. The number of aliphatic imine (C=N–C) groups is 2. The first kappa shape index (κ1) is 12.1. The fourth-order valence-electron chi connectivity index (χ4n) is 1.26. The molecule has 0 bridgehead atoms. The van der Waals surface area contributed by atoms with Crippen LogP contribution in [0.5, 0.6) is 0 Å². The summed E-state index contributed by atoms with van der Waals surface area (Å²) in [6.45, 7) is 11.5. The molecule has 1 aliphatic heterocycles. The van der Waals surface area contributed by atoms with Gasteiger partial charge < -0.3 is 0 Å². The monoisotopic (exact) mass is 208 g/mol. The van der Waals surface area contributed by atoms with E-state index in [1.807, 2.05) is 27.0 Å². The average Bonchev–Trinajstić information content (AvgIpc) is 2.09. The van der Waals surface area contributed by atoms with Crippen LogP contribution in [0.2, 0.25) is 0 Å². The molecule has 0 spiro atoms. The van der Waals surface area contributed by atoms with Gasteiger partial charge in [-0.25, -0.2) is 0 Å². The summed E-state index contributed by atoms with van der Waals surface area (Å²) in [6.07, 6.45) is 1.65. The van der Waals surface area contributed by atoms with Crippen LogP contribution in [0.1, 0.15) is 41.5 Å². The molecule has 1 heterocycles. The Labute approximate surface area is 91.7 Å². The molecule has 0 radical (unpaired) electrons. The summed E-state index contributed by atoms with van der Waals surface area (Å²) in [4.78, 5) is 20.4. The molecule has 0 aliphatic carbocycles. The highest BCUT2D eigenvalue weighted by molar-refractivity contribution is 6.02. The second kappa shape index (κ2) is 3.54. The summed E-state index contributed by atoms with van der Waals surface area (Å²) < 4.78 is 0. The first-order chi connectivity index (χ1) is 6.68. The second-order valence-electron chi connectivity index (χ2n) is 5.37. The highest BCUT2D eigenvalue weighted by Crippen LogP contribution is 2.30. The van der Waals surface area contributed by atoms with Crippen molar-refractivity contribution in [3.8, 4) is 0 Å². The summed E-state index contributed by atoms with van der Waals surface area (Å²) in [5, 5.41) is 0. The minimum absolute atomic E-state index is 0.0800. The minimum Gasteiger partial charge on any atom is -0.299 e. The van der Waals surface area contributed by atoms with Gasteiger partial charge in [0.15, 0.2) is 6.17 Å². The molecule has 0 saturated heterocycles. The molecule has 0 amide bonds. The number of nitrogens with zero attached hydrogens (tertiary/aromatic N) is 2. The van der Waals surface area contributed by atoms with Crippen LogP contribution in [0.3, 0.4) is 0 Å².